The van der Waals surface area contributed by atoms with Gasteiger partial charge in [-0.3, -0.25) is 0 Å². The summed E-state index contributed by atoms with van der Waals surface area (Å²) < 4.78 is 44.6. The van der Waals surface area contributed by atoms with Gasteiger partial charge < -0.3 is 28.8 Å². The maximum atomic E-state index is 13.4. The van der Waals surface area contributed by atoms with Crippen molar-refractivity contribution in [2.75, 3.05) is 39.4 Å². The van der Waals surface area contributed by atoms with E-state index < -0.39 is 38.3 Å². The molecule has 16 heteroatoms. The van der Waals surface area contributed by atoms with Gasteiger partial charge in [-0.1, -0.05) is 59.1 Å². The highest BCUT2D eigenvalue weighted by Crippen LogP contribution is 2.42. The summed E-state index contributed by atoms with van der Waals surface area (Å²) in [6.45, 7) is 18.1. The van der Waals surface area contributed by atoms with Crippen molar-refractivity contribution >= 4 is 81.4 Å². The molecule has 2 aromatic carbocycles. The molecule has 2 aliphatic heterocycles. The third-order valence-corrected chi connectivity index (χ3v) is 14.0. The second-order valence-corrected chi connectivity index (χ2v) is 21.1. The second kappa shape index (κ2) is 20.3. The molecule has 4 atom stereocenters. The zero-order valence-electron chi connectivity index (χ0n) is 31.8. The number of amides is 2. The average molecular weight is 866 g/mol. The van der Waals surface area contributed by atoms with Crippen LogP contribution in [-0.4, -0.2) is 75.1 Å². The molecule has 2 heterocycles. The highest BCUT2D eigenvalue weighted by molar-refractivity contribution is 7.91. The highest BCUT2D eigenvalue weighted by atomic mass is 35.5. The number of nitrogens with zero attached hydrogens (tertiary/aromatic N) is 2. The Morgan fingerprint density at radius 1 is 0.833 bits per heavy atom. The molecular weight excluding hydrogens is 812 g/mol. The van der Waals surface area contributed by atoms with Crippen molar-refractivity contribution in [3.8, 4) is 11.5 Å². The molecule has 2 saturated heterocycles. The van der Waals surface area contributed by atoms with Gasteiger partial charge in [0, 0.05) is 65.3 Å². The number of likely N-dealkylation sites (tertiary alicyclic amines) is 1. The Morgan fingerprint density at radius 2 is 1.26 bits per heavy atom. The van der Waals surface area contributed by atoms with E-state index in [1.54, 1.807) is 35.2 Å². The monoisotopic (exact) mass is 863 g/mol. The van der Waals surface area contributed by atoms with Gasteiger partial charge in [-0.2, -0.15) is 0 Å². The molecule has 4 unspecified atom stereocenters. The van der Waals surface area contributed by atoms with E-state index >= 15 is 0 Å². The van der Waals surface area contributed by atoms with Crippen molar-refractivity contribution in [2.24, 2.45) is 16.8 Å². The topological polar surface area (TPSA) is 133 Å². The normalized spacial score (nSPS) is 18.7. The third kappa shape index (κ3) is 12.5. The predicted octanol–water partition coefficient (Wildman–Crippen LogP) is 9.03. The van der Waals surface area contributed by atoms with Crippen LogP contribution in [0.25, 0.3) is 0 Å². The van der Waals surface area contributed by atoms with Gasteiger partial charge in [0.15, 0.2) is 0 Å². The number of halogens is 4. The van der Waals surface area contributed by atoms with Crippen LogP contribution in [0.4, 0.5) is 4.79 Å². The lowest BCUT2D eigenvalue weighted by atomic mass is 9.85. The van der Waals surface area contributed by atoms with Crippen molar-refractivity contribution in [1.82, 2.24) is 19.7 Å². The SMILES string of the molecule is C=CCOc1cc(Cl)c(Cl)cc1C(N[S+]([O-])C(C)(C)C)C1CCN(C(=O)/N=C/COc2cc(Cl)c(Cl)cc2C(N[S+]([O-])C(C)(C)C)C2CCNCC2)CC1. The van der Waals surface area contributed by atoms with Gasteiger partial charge in [0.2, 0.25) is 0 Å². The van der Waals surface area contributed by atoms with Gasteiger partial charge in [0.25, 0.3) is 0 Å². The molecule has 2 amide bonds. The number of benzene rings is 2. The molecule has 54 heavy (non-hydrogen) atoms. The molecule has 0 saturated carbocycles. The predicted molar refractivity (Wildman–Crippen MR) is 225 cm³/mol. The fraction of sp³-hybridized carbons (Fsp3) is 0.579. The number of ether oxygens (including phenoxy) is 2. The summed E-state index contributed by atoms with van der Waals surface area (Å²) in [5, 5.41) is 4.80. The largest absolute Gasteiger partial charge is 0.598 e. The van der Waals surface area contributed by atoms with Crippen LogP contribution in [0.3, 0.4) is 0 Å². The van der Waals surface area contributed by atoms with Crippen molar-refractivity contribution in [2.45, 2.75) is 88.8 Å². The number of carbonyl (C=O) groups excluding carboxylic acids is 1. The Labute approximate surface area is 347 Å². The van der Waals surface area contributed by atoms with Crippen molar-refractivity contribution in [1.29, 1.82) is 0 Å². The lowest BCUT2D eigenvalue weighted by Crippen LogP contribution is -2.46. The summed E-state index contributed by atoms with van der Waals surface area (Å²) in [6, 6.07) is 5.79. The summed E-state index contributed by atoms with van der Waals surface area (Å²) in [4.78, 5) is 19.2. The van der Waals surface area contributed by atoms with Crippen molar-refractivity contribution in [3.05, 3.63) is 68.1 Å². The third-order valence-electron chi connectivity index (χ3n) is 9.36. The first-order valence-electron chi connectivity index (χ1n) is 18.1. The summed E-state index contributed by atoms with van der Waals surface area (Å²) in [7, 11) is 0. The number of urea groups is 1. The van der Waals surface area contributed by atoms with Crippen molar-refractivity contribution in [3.63, 3.8) is 0 Å². The Kier molecular flexibility index (Phi) is 17.0. The zero-order chi connectivity index (χ0) is 39.8. The molecule has 0 bridgehead atoms. The summed E-state index contributed by atoms with van der Waals surface area (Å²) in [5.74, 6) is 1.19. The van der Waals surface area contributed by atoms with E-state index in [-0.39, 0.29) is 37.1 Å². The van der Waals surface area contributed by atoms with Gasteiger partial charge >= 0.3 is 6.03 Å². The Balaban J connectivity index is 1.46. The molecule has 0 aromatic heterocycles. The van der Waals surface area contributed by atoms with E-state index in [4.69, 9.17) is 55.9 Å². The number of rotatable bonds is 14. The molecule has 0 radical (unpaired) electrons. The maximum absolute atomic E-state index is 13.4. The lowest BCUT2D eigenvalue weighted by molar-refractivity contribution is 0.167. The van der Waals surface area contributed by atoms with Gasteiger partial charge in [-0.15, -0.1) is 9.44 Å². The van der Waals surface area contributed by atoms with E-state index in [1.165, 1.54) is 6.21 Å². The number of aliphatic imine (C=N–C) groups is 1. The molecule has 2 aliphatic rings. The number of hydrogen-bond donors (Lipinski definition) is 3. The van der Waals surface area contributed by atoms with Crippen LogP contribution in [0.15, 0.2) is 41.9 Å². The minimum absolute atomic E-state index is 0.00169. The summed E-state index contributed by atoms with van der Waals surface area (Å²) in [6.07, 6.45) is 6.08. The first-order chi connectivity index (χ1) is 25.4. The van der Waals surface area contributed by atoms with Crippen LogP contribution in [0.1, 0.15) is 90.4 Å². The van der Waals surface area contributed by atoms with E-state index in [1.807, 2.05) is 41.5 Å². The molecule has 4 rings (SSSR count). The average Bonchev–Trinajstić information content (AvgIpc) is 3.12. The fourth-order valence-corrected chi connectivity index (χ4v) is 8.77. The Bertz CT molecular complexity index is 1610. The first kappa shape index (κ1) is 45.3. The molecule has 0 aliphatic carbocycles. The number of hydrogen-bond acceptors (Lipinski definition) is 8. The van der Waals surface area contributed by atoms with Crippen molar-refractivity contribution < 1.29 is 23.4 Å². The lowest BCUT2D eigenvalue weighted by Gasteiger charge is -2.37. The standard InChI is InChI=1S/C38H53Cl4N5O5S2/c1-8-18-51-32-22-30(41)28(39)20-26(32)35(46-54(50)38(5,6)7)25-11-16-47(17-12-25)36(48)44-15-19-52-33-23-31(42)29(40)21-27(33)34(24-9-13-43-14-10-24)45-53(49)37(2,3)4/h8,15,20-25,34-35,43,45-46H,1,9-14,16-19H2,2-7H3/b44-15+. The van der Waals surface area contributed by atoms with Crippen LogP contribution < -0.4 is 24.2 Å². The van der Waals surface area contributed by atoms with Crippen LogP contribution in [-0.2, 0) is 22.7 Å². The maximum Gasteiger partial charge on any atom is 0.343 e. The Hall–Kier alpha value is -1.42. The van der Waals surface area contributed by atoms with E-state index in [0.717, 1.165) is 37.1 Å². The van der Waals surface area contributed by atoms with E-state index in [2.05, 4.69) is 26.3 Å². The quantitative estimate of drug-likeness (QED) is 0.0974. The van der Waals surface area contributed by atoms with Gasteiger partial charge in [0.1, 0.15) is 34.2 Å². The van der Waals surface area contributed by atoms with Crippen LogP contribution in [0.5, 0.6) is 11.5 Å². The number of piperidine rings is 2. The summed E-state index contributed by atoms with van der Waals surface area (Å²) >= 11 is 23.0. The van der Waals surface area contributed by atoms with Gasteiger partial charge in [-0.05, 0) is 104 Å². The molecule has 2 fully saturated rings. The highest BCUT2D eigenvalue weighted by Gasteiger charge is 2.38. The van der Waals surface area contributed by atoms with E-state index in [0.29, 0.717) is 57.5 Å². The number of nitrogens with one attached hydrogen (secondary N) is 3. The molecule has 0 spiro atoms. The fourth-order valence-electron chi connectivity index (χ4n) is 6.31. The molecular formula is C38H53Cl4N5O5S2. The second-order valence-electron chi connectivity index (χ2n) is 15.5. The molecule has 2 aromatic rings. The zero-order valence-corrected chi connectivity index (χ0v) is 36.5. The number of carbonyl (C=O) groups is 1. The molecule has 3 N–H and O–H groups in total. The van der Waals surface area contributed by atoms with Gasteiger partial charge in [-0.25, -0.2) is 9.79 Å². The Morgan fingerprint density at radius 3 is 1.70 bits per heavy atom. The summed E-state index contributed by atoms with van der Waals surface area (Å²) in [5.41, 5.74) is 1.50. The van der Waals surface area contributed by atoms with Gasteiger partial charge in [0.05, 0.1) is 32.2 Å². The van der Waals surface area contributed by atoms with Crippen LogP contribution >= 0.6 is 46.4 Å². The van der Waals surface area contributed by atoms with E-state index in [9.17, 15) is 13.9 Å². The minimum atomic E-state index is -1.41. The molecule has 300 valence electrons. The minimum Gasteiger partial charge on any atom is -0.598 e. The van der Waals surface area contributed by atoms with Crippen LogP contribution in [0.2, 0.25) is 20.1 Å². The molecule has 10 nitrogen and oxygen atoms in total. The van der Waals surface area contributed by atoms with Crippen LogP contribution in [0, 0.1) is 11.8 Å². The first-order valence-corrected chi connectivity index (χ1v) is 21.9. The smallest absolute Gasteiger partial charge is 0.343 e.